The largest absolute Gasteiger partial charge is 0.395 e. The van der Waals surface area contributed by atoms with Crippen LogP contribution in [0.1, 0.15) is 42.2 Å². The molecule has 0 spiro atoms. The molecule has 0 aliphatic heterocycles. The van der Waals surface area contributed by atoms with E-state index in [-0.39, 0.29) is 28.7 Å². The van der Waals surface area contributed by atoms with Crippen molar-refractivity contribution in [2.24, 2.45) is 5.73 Å². The van der Waals surface area contributed by atoms with Gasteiger partial charge in [-0.15, -0.1) is 11.3 Å². The lowest BCUT2D eigenvalue weighted by Gasteiger charge is -2.31. The molecule has 4 rings (SSSR count). The standard InChI is InChI=1S/C27H28N6O3S2/c1-32(2)19-12-10-18(11-13-19)23(26(35)30-15-17-7-4-3-5-8-17)33(16-20-9-6-14-37-20)27(36)24-21(28)22(25(29)34)31-38-24/h3-14,23H,15-16,28H2,1-2H3,(H2,29,34)(H,30,35)/t23-/m1/s1. The van der Waals surface area contributed by atoms with Gasteiger partial charge in [0.15, 0.2) is 5.69 Å². The molecule has 0 aliphatic rings. The highest BCUT2D eigenvalue weighted by Gasteiger charge is 2.35. The Bertz CT molecular complexity index is 1400. The topological polar surface area (TPSA) is 135 Å². The molecule has 0 fully saturated rings. The van der Waals surface area contributed by atoms with Crippen LogP contribution in [0.2, 0.25) is 0 Å². The van der Waals surface area contributed by atoms with Gasteiger partial charge < -0.3 is 26.6 Å². The summed E-state index contributed by atoms with van der Waals surface area (Å²) in [6.07, 6.45) is 0. The zero-order chi connectivity index (χ0) is 27.2. The van der Waals surface area contributed by atoms with Gasteiger partial charge in [-0.3, -0.25) is 14.4 Å². The molecule has 1 atom stereocenters. The zero-order valence-electron chi connectivity index (χ0n) is 21.0. The molecule has 0 radical (unpaired) electrons. The summed E-state index contributed by atoms with van der Waals surface area (Å²) in [7, 11) is 3.85. The Morgan fingerprint density at radius 3 is 2.29 bits per heavy atom. The van der Waals surface area contributed by atoms with E-state index in [4.69, 9.17) is 11.5 Å². The highest BCUT2D eigenvalue weighted by atomic mass is 32.1. The molecule has 0 saturated carbocycles. The second-order valence-corrected chi connectivity index (χ2v) is 10.5. The fourth-order valence-corrected chi connectivity index (χ4v) is 5.38. The minimum absolute atomic E-state index is 0.0566. The fraction of sp³-hybridized carbons (Fsp3) is 0.185. The molecule has 11 heteroatoms. The van der Waals surface area contributed by atoms with Gasteiger partial charge in [0, 0.05) is 31.2 Å². The van der Waals surface area contributed by atoms with Gasteiger partial charge >= 0.3 is 0 Å². The van der Waals surface area contributed by atoms with Gasteiger partial charge in [-0.05, 0) is 46.2 Å². The van der Waals surface area contributed by atoms with Crippen LogP contribution in [-0.2, 0) is 17.9 Å². The Hall–Kier alpha value is -4.22. The molecule has 0 bridgehead atoms. The maximum absolute atomic E-state index is 14.0. The molecule has 2 aromatic heterocycles. The van der Waals surface area contributed by atoms with Crippen molar-refractivity contribution < 1.29 is 14.4 Å². The fourth-order valence-electron chi connectivity index (χ4n) is 3.92. The lowest BCUT2D eigenvalue weighted by Crippen LogP contribution is -2.43. The van der Waals surface area contributed by atoms with E-state index in [2.05, 4.69) is 9.69 Å². The number of carbonyl (C=O) groups is 3. The number of benzene rings is 2. The third-order valence-corrected chi connectivity index (χ3v) is 7.63. The molecule has 196 valence electrons. The summed E-state index contributed by atoms with van der Waals surface area (Å²) in [5.74, 6) is -1.69. The lowest BCUT2D eigenvalue weighted by molar-refractivity contribution is -0.126. The van der Waals surface area contributed by atoms with Crippen LogP contribution in [0.25, 0.3) is 0 Å². The first-order valence-corrected chi connectivity index (χ1v) is 13.4. The van der Waals surface area contributed by atoms with Crippen molar-refractivity contribution in [1.82, 2.24) is 14.6 Å². The van der Waals surface area contributed by atoms with Crippen molar-refractivity contribution in [2.45, 2.75) is 19.1 Å². The summed E-state index contributed by atoms with van der Waals surface area (Å²) in [5, 5.41) is 4.89. The maximum Gasteiger partial charge on any atom is 0.270 e. The van der Waals surface area contributed by atoms with E-state index in [9.17, 15) is 14.4 Å². The van der Waals surface area contributed by atoms with Crippen molar-refractivity contribution in [2.75, 3.05) is 24.7 Å². The number of primary amides is 1. The molecule has 2 aromatic carbocycles. The van der Waals surface area contributed by atoms with Crippen molar-refractivity contribution >= 4 is 52.0 Å². The van der Waals surface area contributed by atoms with Crippen molar-refractivity contribution in [3.63, 3.8) is 0 Å². The summed E-state index contributed by atoms with van der Waals surface area (Å²) in [6, 6.07) is 19.8. The van der Waals surface area contributed by atoms with Crippen molar-refractivity contribution in [1.29, 1.82) is 0 Å². The number of thiophene rings is 1. The Kier molecular flexibility index (Phi) is 8.39. The van der Waals surface area contributed by atoms with Crippen molar-refractivity contribution in [3.05, 3.63) is 98.7 Å². The number of nitrogen functional groups attached to an aromatic ring is 1. The number of hydrogen-bond acceptors (Lipinski definition) is 8. The van der Waals surface area contributed by atoms with E-state index in [0.29, 0.717) is 12.1 Å². The third-order valence-electron chi connectivity index (χ3n) is 5.92. The van der Waals surface area contributed by atoms with E-state index in [1.165, 1.54) is 16.2 Å². The first-order valence-electron chi connectivity index (χ1n) is 11.7. The predicted octanol–water partition coefficient (Wildman–Crippen LogP) is 3.65. The van der Waals surface area contributed by atoms with E-state index in [1.54, 1.807) is 0 Å². The van der Waals surface area contributed by atoms with E-state index < -0.39 is 17.9 Å². The van der Waals surface area contributed by atoms with Crippen LogP contribution in [0, 0.1) is 0 Å². The van der Waals surface area contributed by atoms with Crippen LogP contribution >= 0.6 is 22.9 Å². The smallest absolute Gasteiger partial charge is 0.270 e. The molecule has 0 unspecified atom stereocenters. The zero-order valence-corrected chi connectivity index (χ0v) is 22.6. The molecule has 3 amide bonds. The lowest BCUT2D eigenvalue weighted by atomic mass is 10.0. The SMILES string of the molecule is CN(C)c1ccc([C@H](C(=O)NCc2ccccc2)N(Cc2cccs2)C(=O)c2snc(C(N)=O)c2N)cc1. The molecule has 0 aliphatic carbocycles. The number of anilines is 2. The number of amides is 3. The number of nitrogens with one attached hydrogen (secondary N) is 1. The molecule has 9 nitrogen and oxygen atoms in total. The second-order valence-electron chi connectivity index (χ2n) is 8.74. The minimum atomic E-state index is -0.983. The van der Waals surface area contributed by atoms with Gasteiger partial charge in [-0.1, -0.05) is 48.5 Å². The van der Waals surface area contributed by atoms with Gasteiger partial charge in [0.25, 0.3) is 11.8 Å². The van der Waals surface area contributed by atoms with Gasteiger partial charge in [0.05, 0.1) is 12.2 Å². The highest BCUT2D eigenvalue weighted by Crippen LogP contribution is 2.31. The van der Waals surface area contributed by atoms with Crippen LogP contribution < -0.4 is 21.7 Å². The first kappa shape index (κ1) is 26.8. The van der Waals surface area contributed by atoms with Gasteiger partial charge in [0.2, 0.25) is 5.91 Å². The van der Waals surface area contributed by atoms with Gasteiger partial charge in [-0.2, -0.15) is 4.37 Å². The summed E-state index contributed by atoms with van der Waals surface area (Å²) < 4.78 is 3.99. The second kappa shape index (κ2) is 11.9. The number of carbonyl (C=O) groups excluding carboxylic acids is 3. The predicted molar refractivity (Wildman–Crippen MR) is 151 cm³/mol. The van der Waals surface area contributed by atoms with E-state index in [0.717, 1.165) is 27.7 Å². The van der Waals surface area contributed by atoms with E-state index >= 15 is 0 Å². The summed E-state index contributed by atoms with van der Waals surface area (Å²) >= 11 is 2.26. The number of nitrogens with two attached hydrogens (primary N) is 2. The van der Waals surface area contributed by atoms with Crippen LogP contribution in [0.5, 0.6) is 0 Å². The normalized spacial score (nSPS) is 11.5. The first-order chi connectivity index (χ1) is 18.3. The van der Waals surface area contributed by atoms with Crippen LogP contribution in [-0.4, -0.2) is 41.1 Å². The number of hydrogen-bond donors (Lipinski definition) is 3. The highest BCUT2D eigenvalue weighted by molar-refractivity contribution is 7.10. The molecule has 2 heterocycles. The van der Waals surface area contributed by atoms with Crippen molar-refractivity contribution in [3.8, 4) is 0 Å². The molecular formula is C27H28N6O3S2. The Morgan fingerprint density at radius 2 is 1.71 bits per heavy atom. The van der Waals surface area contributed by atoms with E-state index in [1.807, 2.05) is 91.1 Å². The molecule has 38 heavy (non-hydrogen) atoms. The van der Waals surface area contributed by atoms with Gasteiger partial charge in [0.1, 0.15) is 10.9 Å². The Balaban J connectivity index is 1.76. The Labute approximate surface area is 228 Å². The number of nitrogens with zero attached hydrogens (tertiary/aromatic N) is 3. The van der Waals surface area contributed by atoms with Crippen LogP contribution in [0.15, 0.2) is 72.1 Å². The molecule has 0 saturated heterocycles. The maximum atomic E-state index is 14.0. The molecule has 5 N–H and O–H groups in total. The molecule has 4 aromatic rings. The quantitative estimate of drug-likeness (QED) is 0.277. The monoisotopic (exact) mass is 548 g/mol. The van der Waals surface area contributed by atoms with Gasteiger partial charge in [-0.25, -0.2) is 0 Å². The average molecular weight is 549 g/mol. The third kappa shape index (κ3) is 6.01. The Morgan fingerprint density at radius 1 is 1.00 bits per heavy atom. The van der Waals surface area contributed by atoms with Crippen LogP contribution in [0.4, 0.5) is 11.4 Å². The summed E-state index contributed by atoms with van der Waals surface area (Å²) in [6.45, 7) is 0.445. The van der Waals surface area contributed by atoms with Crippen LogP contribution in [0.3, 0.4) is 0 Å². The number of rotatable bonds is 10. The number of aromatic nitrogens is 1. The minimum Gasteiger partial charge on any atom is -0.395 e. The summed E-state index contributed by atoms with van der Waals surface area (Å²) in [4.78, 5) is 43.9. The summed E-state index contributed by atoms with van der Waals surface area (Å²) in [5.41, 5.74) is 13.8. The average Bonchev–Trinajstić information content (AvgIpc) is 3.57. The molecular weight excluding hydrogens is 520 g/mol.